The van der Waals surface area contributed by atoms with Crippen LogP contribution in [0.5, 0.6) is 5.75 Å². The molecule has 1 aromatic heterocycles. The quantitative estimate of drug-likeness (QED) is 0.836. The van der Waals surface area contributed by atoms with Gasteiger partial charge in [0.15, 0.2) is 17.0 Å². The van der Waals surface area contributed by atoms with Gasteiger partial charge in [0, 0.05) is 11.8 Å². The van der Waals surface area contributed by atoms with E-state index in [0.29, 0.717) is 16.1 Å². The minimum atomic E-state index is -0.482. The van der Waals surface area contributed by atoms with E-state index in [9.17, 15) is 9.59 Å². The molecular formula is C14H12BrNO5. The van der Waals surface area contributed by atoms with Crippen molar-refractivity contribution >= 4 is 33.5 Å². The lowest BCUT2D eigenvalue weighted by Gasteiger charge is -2.07. The molecule has 0 saturated heterocycles. The number of carbonyl (C=O) groups excluding carboxylic acids is 2. The van der Waals surface area contributed by atoms with E-state index in [1.807, 2.05) is 0 Å². The number of furan rings is 1. The first kappa shape index (κ1) is 15.1. The molecular weight excluding hydrogens is 342 g/mol. The second-order valence-electron chi connectivity index (χ2n) is 3.95. The van der Waals surface area contributed by atoms with E-state index < -0.39 is 5.97 Å². The fourth-order valence-electron chi connectivity index (χ4n) is 1.49. The Morgan fingerprint density at radius 3 is 2.76 bits per heavy atom. The molecule has 0 unspecified atom stereocenters. The van der Waals surface area contributed by atoms with Gasteiger partial charge in [0.25, 0.3) is 5.91 Å². The first-order chi connectivity index (χ1) is 10.1. The molecule has 7 heteroatoms. The van der Waals surface area contributed by atoms with Crippen LogP contribution in [0, 0.1) is 0 Å². The summed E-state index contributed by atoms with van der Waals surface area (Å²) in [4.78, 5) is 22.9. The molecule has 0 saturated carbocycles. The molecule has 1 aromatic carbocycles. The topological polar surface area (TPSA) is 77.8 Å². The monoisotopic (exact) mass is 353 g/mol. The van der Waals surface area contributed by atoms with Gasteiger partial charge in [-0.25, -0.2) is 4.79 Å². The Morgan fingerprint density at radius 2 is 2.10 bits per heavy atom. The van der Waals surface area contributed by atoms with Gasteiger partial charge in [-0.15, -0.1) is 0 Å². The average molecular weight is 354 g/mol. The third kappa shape index (κ3) is 4.35. The zero-order valence-electron chi connectivity index (χ0n) is 11.1. The molecule has 0 aliphatic heterocycles. The Labute approximate surface area is 129 Å². The zero-order chi connectivity index (χ0) is 15.2. The SMILES string of the molecule is COC(=O)COc1cccc(NC(=O)c2ccc(Br)o2)c1. The summed E-state index contributed by atoms with van der Waals surface area (Å²) in [5.41, 5.74) is 0.523. The number of ether oxygens (including phenoxy) is 2. The fraction of sp³-hybridized carbons (Fsp3) is 0.143. The highest BCUT2D eigenvalue weighted by atomic mass is 79.9. The lowest BCUT2D eigenvalue weighted by Crippen LogP contribution is -2.13. The molecule has 6 nitrogen and oxygen atoms in total. The Bertz CT molecular complexity index is 652. The summed E-state index contributed by atoms with van der Waals surface area (Å²) in [6.07, 6.45) is 0. The summed E-state index contributed by atoms with van der Waals surface area (Å²) >= 11 is 3.13. The lowest BCUT2D eigenvalue weighted by atomic mass is 10.3. The van der Waals surface area contributed by atoms with Crippen molar-refractivity contribution < 1.29 is 23.5 Å². The van der Waals surface area contributed by atoms with Gasteiger partial charge in [-0.3, -0.25) is 4.79 Å². The number of hydrogen-bond donors (Lipinski definition) is 1. The predicted molar refractivity (Wildman–Crippen MR) is 78.3 cm³/mol. The number of carbonyl (C=O) groups is 2. The number of nitrogens with one attached hydrogen (secondary N) is 1. The van der Waals surface area contributed by atoms with Crippen LogP contribution < -0.4 is 10.1 Å². The first-order valence-corrected chi connectivity index (χ1v) is 6.74. The largest absolute Gasteiger partial charge is 0.482 e. The van der Waals surface area contributed by atoms with E-state index in [4.69, 9.17) is 9.15 Å². The van der Waals surface area contributed by atoms with Gasteiger partial charge < -0.3 is 19.2 Å². The molecule has 1 heterocycles. The molecule has 0 atom stereocenters. The molecule has 0 radical (unpaired) electrons. The molecule has 0 spiro atoms. The highest BCUT2D eigenvalue weighted by molar-refractivity contribution is 9.10. The van der Waals surface area contributed by atoms with Crippen molar-refractivity contribution in [2.75, 3.05) is 19.0 Å². The Balaban J connectivity index is 2.00. The summed E-state index contributed by atoms with van der Waals surface area (Å²) in [5.74, 6) is -0.239. The lowest BCUT2D eigenvalue weighted by molar-refractivity contribution is -0.142. The molecule has 0 bridgehead atoms. The molecule has 21 heavy (non-hydrogen) atoms. The number of methoxy groups -OCH3 is 1. The highest BCUT2D eigenvalue weighted by Gasteiger charge is 2.11. The van der Waals surface area contributed by atoms with Gasteiger partial charge >= 0.3 is 5.97 Å². The maximum absolute atomic E-state index is 11.9. The van der Waals surface area contributed by atoms with E-state index in [0.717, 1.165) is 0 Å². The maximum Gasteiger partial charge on any atom is 0.343 e. The van der Waals surface area contributed by atoms with Crippen LogP contribution >= 0.6 is 15.9 Å². The Morgan fingerprint density at radius 1 is 1.29 bits per heavy atom. The molecule has 0 fully saturated rings. The minimum Gasteiger partial charge on any atom is -0.482 e. The van der Waals surface area contributed by atoms with Crippen LogP contribution in [0.2, 0.25) is 0 Å². The van der Waals surface area contributed by atoms with E-state index in [2.05, 4.69) is 26.0 Å². The van der Waals surface area contributed by atoms with Crippen LogP contribution in [0.1, 0.15) is 10.6 Å². The normalized spacial score (nSPS) is 10.0. The second kappa shape index (κ2) is 6.94. The van der Waals surface area contributed by atoms with Gasteiger partial charge in [-0.05, 0) is 40.2 Å². The predicted octanol–water partition coefficient (Wildman–Crippen LogP) is 2.85. The maximum atomic E-state index is 11.9. The molecule has 2 rings (SSSR count). The fourth-order valence-corrected chi connectivity index (χ4v) is 1.80. The molecule has 2 aromatic rings. The van der Waals surface area contributed by atoms with E-state index in [1.54, 1.807) is 36.4 Å². The van der Waals surface area contributed by atoms with Gasteiger partial charge in [0.05, 0.1) is 7.11 Å². The van der Waals surface area contributed by atoms with Crippen molar-refractivity contribution in [2.24, 2.45) is 0 Å². The van der Waals surface area contributed by atoms with E-state index in [1.165, 1.54) is 7.11 Å². The van der Waals surface area contributed by atoms with Gasteiger partial charge in [0.1, 0.15) is 5.75 Å². The van der Waals surface area contributed by atoms with E-state index in [-0.39, 0.29) is 18.3 Å². The number of hydrogen-bond acceptors (Lipinski definition) is 5. The van der Waals surface area contributed by atoms with Gasteiger partial charge in [0.2, 0.25) is 0 Å². The van der Waals surface area contributed by atoms with Crippen LogP contribution in [0.4, 0.5) is 5.69 Å². The number of amides is 1. The van der Waals surface area contributed by atoms with Crippen LogP contribution in [0.15, 0.2) is 45.5 Å². The summed E-state index contributed by atoms with van der Waals surface area (Å²) in [6.45, 7) is -0.195. The molecule has 110 valence electrons. The number of rotatable bonds is 5. The summed E-state index contributed by atoms with van der Waals surface area (Å²) < 4.78 is 15.3. The summed E-state index contributed by atoms with van der Waals surface area (Å²) in [7, 11) is 1.28. The second-order valence-corrected chi connectivity index (χ2v) is 4.73. The minimum absolute atomic E-state index is 0.183. The molecule has 1 N–H and O–H groups in total. The van der Waals surface area contributed by atoms with Crippen molar-refractivity contribution in [3.05, 3.63) is 46.8 Å². The molecule has 0 aliphatic carbocycles. The van der Waals surface area contributed by atoms with Crippen molar-refractivity contribution in [2.45, 2.75) is 0 Å². The Kier molecular flexibility index (Phi) is 4.99. The number of esters is 1. The van der Waals surface area contributed by atoms with Crippen molar-refractivity contribution in [1.82, 2.24) is 0 Å². The summed E-state index contributed by atoms with van der Waals surface area (Å²) in [5, 5.41) is 2.66. The van der Waals surface area contributed by atoms with Gasteiger partial charge in [-0.1, -0.05) is 6.07 Å². The highest BCUT2D eigenvalue weighted by Crippen LogP contribution is 2.19. The number of halogens is 1. The van der Waals surface area contributed by atoms with Crippen molar-refractivity contribution in [3.8, 4) is 5.75 Å². The van der Waals surface area contributed by atoms with Gasteiger partial charge in [-0.2, -0.15) is 0 Å². The standard InChI is InChI=1S/C14H12BrNO5/c1-19-13(17)8-20-10-4-2-3-9(7-10)16-14(18)11-5-6-12(15)21-11/h2-7H,8H2,1H3,(H,16,18). The first-order valence-electron chi connectivity index (χ1n) is 5.95. The smallest absolute Gasteiger partial charge is 0.343 e. The Hall–Kier alpha value is -2.28. The third-order valence-electron chi connectivity index (χ3n) is 2.47. The average Bonchev–Trinajstić information content (AvgIpc) is 2.92. The van der Waals surface area contributed by atoms with Crippen LogP contribution in [-0.2, 0) is 9.53 Å². The van der Waals surface area contributed by atoms with Crippen LogP contribution in [0.3, 0.4) is 0 Å². The third-order valence-corrected chi connectivity index (χ3v) is 2.90. The number of anilines is 1. The van der Waals surface area contributed by atoms with Crippen LogP contribution in [0.25, 0.3) is 0 Å². The van der Waals surface area contributed by atoms with Crippen molar-refractivity contribution in [3.63, 3.8) is 0 Å². The zero-order valence-corrected chi connectivity index (χ0v) is 12.7. The molecule has 1 amide bonds. The molecule has 0 aliphatic rings. The van der Waals surface area contributed by atoms with Crippen LogP contribution in [-0.4, -0.2) is 25.6 Å². The van der Waals surface area contributed by atoms with E-state index >= 15 is 0 Å². The number of benzene rings is 1. The summed E-state index contributed by atoms with van der Waals surface area (Å²) in [6, 6.07) is 9.84. The van der Waals surface area contributed by atoms with Crippen molar-refractivity contribution in [1.29, 1.82) is 0 Å².